The largest absolute Gasteiger partial charge is 0.388 e. The van der Waals surface area contributed by atoms with Crippen LogP contribution in [0.3, 0.4) is 0 Å². The van der Waals surface area contributed by atoms with Gasteiger partial charge in [-0.15, -0.1) is 0 Å². The van der Waals surface area contributed by atoms with Crippen molar-refractivity contribution in [2.24, 2.45) is 0 Å². The van der Waals surface area contributed by atoms with Gasteiger partial charge in [-0.1, -0.05) is 0 Å². The first-order chi connectivity index (χ1) is 3.72. The molecule has 1 saturated heterocycles. The van der Waals surface area contributed by atoms with Crippen LogP contribution in [-0.4, -0.2) is 34.9 Å². The van der Waals surface area contributed by atoms with Gasteiger partial charge in [-0.3, -0.25) is 4.79 Å². The van der Waals surface area contributed by atoms with Gasteiger partial charge in [-0.05, 0) is 0 Å². The molecule has 0 aromatic heterocycles. The SMILES string of the molecule is O=C1NCC(O)C1O. The third-order valence-corrected chi connectivity index (χ3v) is 1.12. The third-order valence-electron chi connectivity index (χ3n) is 1.12. The lowest BCUT2D eigenvalue weighted by atomic mass is 10.3. The summed E-state index contributed by atoms with van der Waals surface area (Å²) in [6.07, 6.45) is -2.13. The van der Waals surface area contributed by atoms with Gasteiger partial charge in [0.1, 0.15) is 6.10 Å². The zero-order valence-electron chi connectivity index (χ0n) is 4.16. The molecule has 46 valence electrons. The molecule has 1 aliphatic heterocycles. The number of aliphatic hydroxyl groups excluding tert-OH is 2. The van der Waals surface area contributed by atoms with Crippen molar-refractivity contribution in [1.82, 2.24) is 5.32 Å². The number of β-amino-alcohol motifs (C(OH)–C–C–N with tert-alkyl or cyclic N) is 1. The van der Waals surface area contributed by atoms with Crippen molar-refractivity contribution in [3.05, 3.63) is 0 Å². The van der Waals surface area contributed by atoms with Gasteiger partial charge in [0, 0.05) is 6.54 Å². The summed E-state index contributed by atoms with van der Waals surface area (Å²) in [6, 6.07) is 0. The lowest BCUT2D eigenvalue weighted by Gasteiger charge is -1.99. The quantitative estimate of drug-likeness (QED) is 0.338. The molecule has 4 heteroatoms. The molecular weight excluding hydrogens is 110 g/mol. The Morgan fingerprint density at radius 1 is 1.62 bits per heavy atom. The molecule has 0 radical (unpaired) electrons. The molecule has 0 bridgehead atoms. The molecule has 3 N–H and O–H groups in total. The van der Waals surface area contributed by atoms with Gasteiger partial charge in [0.25, 0.3) is 5.91 Å². The average Bonchev–Trinajstić information content (AvgIpc) is 1.98. The topological polar surface area (TPSA) is 69.6 Å². The first-order valence-electron chi connectivity index (χ1n) is 2.35. The van der Waals surface area contributed by atoms with Gasteiger partial charge in [-0.2, -0.15) is 0 Å². The van der Waals surface area contributed by atoms with Crippen LogP contribution in [0.1, 0.15) is 0 Å². The van der Waals surface area contributed by atoms with E-state index in [9.17, 15) is 4.79 Å². The van der Waals surface area contributed by atoms with Gasteiger partial charge < -0.3 is 15.5 Å². The molecule has 1 amide bonds. The van der Waals surface area contributed by atoms with E-state index in [0.29, 0.717) is 0 Å². The standard InChI is InChI=1S/C4H7NO3/c6-2-1-5-4(8)3(2)7/h2-3,6-7H,1H2,(H,5,8). The number of carbonyl (C=O) groups is 1. The van der Waals surface area contributed by atoms with Crippen LogP contribution in [0.25, 0.3) is 0 Å². The molecule has 0 saturated carbocycles. The maximum Gasteiger partial charge on any atom is 0.251 e. The van der Waals surface area contributed by atoms with Crippen molar-refractivity contribution in [2.45, 2.75) is 12.2 Å². The predicted molar refractivity (Wildman–Crippen MR) is 25.0 cm³/mol. The average molecular weight is 117 g/mol. The molecule has 1 rings (SSSR count). The van der Waals surface area contributed by atoms with E-state index < -0.39 is 18.1 Å². The normalized spacial score (nSPS) is 37.5. The summed E-state index contributed by atoms with van der Waals surface area (Å²) in [6.45, 7) is 0.167. The number of amides is 1. The lowest BCUT2D eigenvalue weighted by Crippen LogP contribution is -2.26. The highest BCUT2D eigenvalue weighted by Gasteiger charge is 2.30. The van der Waals surface area contributed by atoms with Crippen LogP contribution in [0.15, 0.2) is 0 Å². The zero-order valence-corrected chi connectivity index (χ0v) is 4.16. The Kier molecular flexibility index (Phi) is 1.19. The van der Waals surface area contributed by atoms with Crippen LogP contribution in [0, 0.1) is 0 Å². The number of rotatable bonds is 0. The fraction of sp³-hybridized carbons (Fsp3) is 0.750. The van der Waals surface area contributed by atoms with Crippen molar-refractivity contribution in [3.8, 4) is 0 Å². The lowest BCUT2D eigenvalue weighted by molar-refractivity contribution is -0.128. The summed E-state index contributed by atoms with van der Waals surface area (Å²) in [5, 5.41) is 19.5. The van der Waals surface area contributed by atoms with Gasteiger partial charge in [-0.25, -0.2) is 0 Å². The Hall–Kier alpha value is -0.610. The second-order valence-corrected chi connectivity index (χ2v) is 1.76. The molecule has 1 aliphatic rings. The van der Waals surface area contributed by atoms with Crippen LogP contribution in [0.2, 0.25) is 0 Å². The van der Waals surface area contributed by atoms with Crippen LogP contribution in [0.5, 0.6) is 0 Å². The van der Waals surface area contributed by atoms with E-state index in [1.165, 1.54) is 0 Å². The van der Waals surface area contributed by atoms with Crippen molar-refractivity contribution >= 4 is 5.91 Å². The number of hydrogen-bond acceptors (Lipinski definition) is 3. The van der Waals surface area contributed by atoms with Crippen molar-refractivity contribution in [1.29, 1.82) is 0 Å². The highest BCUT2D eigenvalue weighted by atomic mass is 16.3. The predicted octanol–water partition coefficient (Wildman–Crippen LogP) is -2.16. The van der Waals surface area contributed by atoms with E-state index in [-0.39, 0.29) is 6.54 Å². The van der Waals surface area contributed by atoms with Gasteiger partial charge in [0.15, 0.2) is 6.10 Å². The molecule has 2 atom stereocenters. The molecule has 0 spiro atoms. The number of hydrogen-bond donors (Lipinski definition) is 3. The first-order valence-corrected chi connectivity index (χ1v) is 2.35. The summed E-state index contributed by atoms with van der Waals surface area (Å²) < 4.78 is 0. The molecule has 1 heterocycles. The Labute approximate surface area is 46.1 Å². The van der Waals surface area contributed by atoms with Crippen molar-refractivity contribution in [2.75, 3.05) is 6.54 Å². The molecule has 8 heavy (non-hydrogen) atoms. The minimum atomic E-state index is -1.21. The fourth-order valence-corrected chi connectivity index (χ4v) is 0.596. The molecular formula is C4H7NO3. The number of nitrogens with one attached hydrogen (secondary N) is 1. The highest BCUT2D eigenvalue weighted by molar-refractivity contribution is 5.83. The summed E-state index contributed by atoms with van der Waals surface area (Å²) in [5.74, 6) is -0.488. The minimum absolute atomic E-state index is 0.167. The summed E-state index contributed by atoms with van der Waals surface area (Å²) in [4.78, 5) is 10.3. The van der Waals surface area contributed by atoms with Crippen molar-refractivity contribution < 1.29 is 15.0 Å². The van der Waals surface area contributed by atoms with Crippen LogP contribution < -0.4 is 5.32 Å². The Bertz CT molecular complexity index is 114. The van der Waals surface area contributed by atoms with Crippen LogP contribution in [0.4, 0.5) is 0 Å². The van der Waals surface area contributed by atoms with E-state index in [4.69, 9.17) is 10.2 Å². The second kappa shape index (κ2) is 1.72. The van der Waals surface area contributed by atoms with E-state index in [1.54, 1.807) is 0 Å². The second-order valence-electron chi connectivity index (χ2n) is 1.76. The fourth-order valence-electron chi connectivity index (χ4n) is 0.596. The zero-order chi connectivity index (χ0) is 6.15. The maximum atomic E-state index is 10.3. The molecule has 0 aromatic carbocycles. The van der Waals surface area contributed by atoms with Gasteiger partial charge in [0.2, 0.25) is 0 Å². The summed E-state index contributed by atoms with van der Waals surface area (Å²) >= 11 is 0. The van der Waals surface area contributed by atoms with Gasteiger partial charge in [0.05, 0.1) is 0 Å². The third kappa shape index (κ3) is 0.677. The minimum Gasteiger partial charge on any atom is -0.388 e. The molecule has 4 nitrogen and oxygen atoms in total. The Morgan fingerprint density at radius 2 is 2.25 bits per heavy atom. The van der Waals surface area contributed by atoms with Gasteiger partial charge >= 0.3 is 0 Å². The number of aliphatic hydroxyl groups is 2. The first kappa shape index (κ1) is 5.53. The smallest absolute Gasteiger partial charge is 0.251 e. The van der Waals surface area contributed by atoms with E-state index in [2.05, 4.69) is 5.32 Å². The van der Waals surface area contributed by atoms with E-state index in [0.717, 1.165) is 0 Å². The Morgan fingerprint density at radius 3 is 2.38 bits per heavy atom. The summed E-state index contributed by atoms with van der Waals surface area (Å²) in [5.41, 5.74) is 0. The van der Waals surface area contributed by atoms with E-state index in [1.807, 2.05) is 0 Å². The molecule has 1 fully saturated rings. The molecule has 0 aromatic rings. The molecule has 2 unspecified atom stereocenters. The highest BCUT2D eigenvalue weighted by Crippen LogP contribution is 1.98. The van der Waals surface area contributed by atoms with Crippen LogP contribution >= 0.6 is 0 Å². The molecule has 0 aliphatic carbocycles. The summed E-state index contributed by atoms with van der Waals surface area (Å²) in [7, 11) is 0. The Balaban J connectivity index is 2.56. The maximum absolute atomic E-state index is 10.3. The number of carbonyl (C=O) groups excluding carboxylic acids is 1. The monoisotopic (exact) mass is 117 g/mol. The van der Waals surface area contributed by atoms with Crippen molar-refractivity contribution in [3.63, 3.8) is 0 Å². The van der Waals surface area contributed by atoms with Crippen LogP contribution in [-0.2, 0) is 4.79 Å². The van der Waals surface area contributed by atoms with E-state index >= 15 is 0 Å².